The Morgan fingerprint density at radius 1 is 0.348 bits per heavy atom. The molecule has 2 aliphatic carbocycles. The van der Waals surface area contributed by atoms with Crippen LogP contribution in [0.1, 0.15) is 33.4 Å². The maximum atomic E-state index is 5.19. The van der Waals surface area contributed by atoms with Gasteiger partial charge in [0.15, 0.2) is 0 Å². The summed E-state index contributed by atoms with van der Waals surface area (Å²) in [4.78, 5) is 10.4. The van der Waals surface area contributed by atoms with Crippen LogP contribution >= 0.6 is 0 Å². The molecule has 0 bridgehead atoms. The van der Waals surface area contributed by atoms with Gasteiger partial charge in [-0.15, -0.1) is 0 Å². The minimum absolute atomic E-state index is 0.896. The number of rotatable bonds is 2. The molecule has 2 heterocycles. The predicted molar refractivity (Wildman–Crippen MR) is 194 cm³/mol. The van der Waals surface area contributed by atoms with E-state index in [1.54, 1.807) is 0 Å². The summed E-state index contributed by atoms with van der Waals surface area (Å²) >= 11 is 0. The van der Waals surface area contributed by atoms with Crippen molar-refractivity contribution in [2.24, 2.45) is 9.98 Å². The van der Waals surface area contributed by atoms with Crippen molar-refractivity contribution >= 4 is 78.0 Å². The van der Waals surface area contributed by atoms with Gasteiger partial charge in [-0.05, 0) is 161 Å². The Bertz CT molecular complexity index is 2490. The van der Waals surface area contributed by atoms with Gasteiger partial charge >= 0.3 is 0 Å². The minimum atomic E-state index is 0.896. The highest BCUT2D eigenvalue weighted by Gasteiger charge is 2.25. The molecular formula is C44H28N2. The quantitative estimate of drug-likeness (QED) is 0.181. The molecule has 0 atom stereocenters. The third-order valence-electron chi connectivity index (χ3n) is 10.6. The number of allylic oxidation sites excluding steroid dienone is 2. The summed E-state index contributed by atoms with van der Waals surface area (Å²) in [5, 5.41) is 10.3. The molecule has 0 saturated carbocycles. The van der Waals surface area contributed by atoms with Crippen LogP contribution in [0.3, 0.4) is 0 Å². The fourth-order valence-electron chi connectivity index (χ4n) is 8.21. The van der Waals surface area contributed by atoms with Gasteiger partial charge in [-0.25, -0.2) is 0 Å². The van der Waals surface area contributed by atoms with Crippen molar-refractivity contribution in [2.45, 2.75) is 25.7 Å². The minimum Gasteiger partial charge on any atom is -0.252 e. The van der Waals surface area contributed by atoms with Crippen molar-refractivity contribution in [3.63, 3.8) is 0 Å². The van der Waals surface area contributed by atoms with Crippen LogP contribution in [0.2, 0.25) is 0 Å². The zero-order valence-electron chi connectivity index (χ0n) is 25.3. The maximum absolute atomic E-state index is 5.19. The van der Waals surface area contributed by atoms with Gasteiger partial charge in [0.25, 0.3) is 0 Å². The summed E-state index contributed by atoms with van der Waals surface area (Å²) in [5.41, 5.74) is 15.5. The largest absolute Gasteiger partial charge is 0.252 e. The fraction of sp³-hybridized carbons (Fsp3) is 0.0909. The van der Waals surface area contributed by atoms with E-state index in [0.717, 1.165) is 37.1 Å². The van der Waals surface area contributed by atoms with Crippen LogP contribution in [0, 0.1) is 0 Å². The Morgan fingerprint density at radius 2 is 0.739 bits per heavy atom. The van der Waals surface area contributed by atoms with E-state index in [4.69, 9.17) is 9.98 Å². The van der Waals surface area contributed by atoms with E-state index >= 15 is 0 Å². The Labute approximate surface area is 266 Å². The average molecular weight is 585 g/mol. The first-order chi connectivity index (χ1) is 22.7. The van der Waals surface area contributed by atoms with Crippen molar-refractivity contribution in [3.05, 3.63) is 154 Å². The number of hydrogen-bond donors (Lipinski definition) is 0. The smallest absolute Gasteiger partial charge is 0.0675 e. The molecule has 2 aliphatic heterocycles. The van der Waals surface area contributed by atoms with Crippen molar-refractivity contribution < 1.29 is 0 Å². The van der Waals surface area contributed by atoms with Gasteiger partial charge in [-0.3, -0.25) is 9.98 Å². The van der Waals surface area contributed by atoms with Gasteiger partial charge in [-0.2, -0.15) is 0 Å². The third kappa shape index (κ3) is 3.71. The summed E-state index contributed by atoms with van der Waals surface area (Å²) in [6.07, 6.45) is 8.44. The van der Waals surface area contributed by atoms with E-state index < -0.39 is 0 Å². The first kappa shape index (κ1) is 24.7. The lowest BCUT2D eigenvalue weighted by Crippen LogP contribution is -2.02. The summed E-state index contributed by atoms with van der Waals surface area (Å²) in [6.45, 7) is 0. The molecule has 0 amide bonds. The van der Waals surface area contributed by atoms with Crippen LogP contribution in [0.15, 0.2) is 130 Å². The molecule has 7 aromatic rings. The van der Waals surface area contributed by atoms with E-state index in [2.05, 4.69) is 121 Å². The summed E-state index contributed by atoms with van der Waals surface area (Å²) in [5.74, 6) is 0. The fourth-order valence-corrected chi connectivity index (χ4v) is 8.21. The summed E-state index contributed by atoms with van der Waals surface area (Å²) in [6, 6.07) is 40.7. The molecular weight excluding hydrogens is 556 g/mol. The van der Waals surface area contributed by atoms with Crippen LogP contribution in [0.5, 0.6) is 0 Å². The number of benzene rings is 7. The number of fused-ring (bicyclic) bond motifs is 8. The van der Waals surface area contributed by atoms with E-state index in [9.17, 15) is 0 Å². The standard InChI is InChI=1S/C44H28N2/c1-2-6-26-10-30-16-37(15-29(30)9-25(26)5-1)43-23-39-19-33-13-36-22-42-40(20-34(36)14-35(33)21-41(39)45-43)24-44(46-42)38-17-31-11-27-7-3-4-8-28(27)12-32(31)18-38/h1-15,17,19-22H,16,18,23-24H2. The van der Waals surface area contributed by atoms with Crippen molar-refractivity contribution in [2.75, 3.05) is 0 Å². The molecule has 0 saturated heterocycles. The van der Waals surface area contributed by atoms with Gasteiger partial charge in [0.05, 0.1) is 11.4 Å². The van der Waals surface area contributed by atoms with Gasteiger partial charge in [0.1, 0.15) is 0 Å². The SMILES string of the molecule is C1=C(C2=Nc3cc4cc5cc6c(cc5cc4cc3C2)N=C(C2=Cc3cc4ccccc4cc3C2)C6)Cc2cc3ccccc3cc21. The molecule has 0 unspecified atom stereocenters. The molecule has 7 aromatic carbocycles. The Kier molecular flexibility index (Phi) is 4.82. The van der Waals surface area contributed by atoms with Crippen LogP contribution < -0.4 is 0 Å². The Balaban J connectivity index is 0.897. The van der Waals surface area contributed by atoms with E-state index in [1.165, 1.54) is 99.0 Å². The molecule has 214 valence electrons. The average Bonchev–Trinajstić information content (AvgIpc) is 3.86. The van der Waals surface area contributed by atoms with Crippen molar-refractivity contribution in [3.8, 4) is 0 Å². The molecule has 0 aromatic heterocycles. The lowest BCUT2D eigenvalue weighted by molar-refractivity contribution is 1.25. The summed E-state index contributed by atoms with van der Waals surface area (Å²) in [7, 11) is 0. The molecule has 0 radical (unpaired) electrons. The first-order valence-electron chi connectivity index (χ1n) is 16.3. The number of hydrogen-bond acceptors (Lipinski definition) is 2. The highest BCUT2D eigenvalue weighted by atomic mass is 14.8. The molecule has 4 aliphatic rings. The first-order valence-corrected chi connectivity index (χ1v) is 16.3. The number of nitrogens with zero attached hydrogens (tertiary/aromatic N) is 2. The Hall–Kier alpha value is -5.60. The number of aliphatic imine (C=N–C) groups is 2. The lowest BCUT2D eigenvalue weighted by Gasteiger charge is -2.07. The highest BCUT2D eigenvalue weighted by molar-refractivity contribution is 6.14. The molecule has 0 fully saturated rings. The predicted octanol–water partition coefficient (Wildman–Crippen LogP) is 10.8. The van der Waals surface area contributed by atoms with Gasteiger partial charge in [0, 0.05) is 24.3 Å². The highest BCUT2D eigenvalue weighted by Crippen LogP contribution is 2.41. The van der Waals surface area contributed by atoms with Crippen molar-refractivity contribution in [1.82, 2.24) is 0 Å². The zero-order valence-corrected chi connectivity index (χ0v) is 25.3. The molecule has 0 N–H and O–H groups in total. The molecule has 0 spiro atoms. The van der Waals surface area contributed by atoms with Crippen LogP contribution in [-0.2, 0) is 25.7 Å². The normalized spacial score (nSPS) is 16.0. The van der Waals surface area contributed by atoms with E-state index in [1.807, 2.05) is 0 Å². The monoisotopic (exact) mass is 584 g/mol. The maximum Gasteiger partial charge on any atom is 0.0675 e. The second-order valence-corrected chi connectivity index (χ2v) is 13.5. The summed E-state index contributed by atoms with van der Waals surface area (Å²) < 4.78 is 0. The van der Waals surface area contributed by atoms with Crippen molar-refractivity contribution in [1.29, 1.82) is 0 Å². The van der Waals surface area contributed by atoms with Gasteiger partial charge in [-0.1, -0.05) is 60.7 Å². The lowest BCUT2D eigenvalue weighted by atomic mass is 9.96. The molecule has 46 heavy (non-hydrogen) atoms. The van der Waals surface area contributed by atoms with Crippen LogP contribution in [0.4, 0.5) is 11.4 Å². The zero-order chi connectivity index (χ0) is 29.9. The van der Waals surface area contributed by atoms with Crippen LogP contribution in [-0.4, -0.2) is 11.4 Å². The van der Waals surface area contributed by atoms with Gasteiger partial charge in [0.2, 0.25) is 0 Å². The molecule has 11 rings (SSSR count). The van der Waals surface area contributed by atoms with Crippen LogP contribution in [0.25, 0.3) is 55.2 Å². The van der Waals surface area contributed by atoms with Gasteiger partial charge < -0.3 is 0 Å². The van der Waals surface area contributed by atoms with E-state index in [-0.39, 0.29) is 0 Å². The topological polar surface area (TPSA) is 24.7 Å². The van der Waals surface area contributed by atoms with E-state index in [0.29, 0.717) is 0 Å². The third-order valence-corrected chi connectivity index (χ3v) is 10.6. The second-order valence-electron chi connectivity index (χ2n) is 13.5. The molecule has 2 heteroatoms. The Morgan fingerprint density at radius 3 is 1.20 bits per heavy atom. The second kappa shape index (κ2) is 8.99. The molecule has 2 nitrogen and oxygen atoms in total.